The molecule has 0 aliphatic carbocycles. The van der Waals surface area contributed by atoms with Crippen LogP contribution < -0.4 is 20.5 Å². The number of benzene rings is 1. The molecule has 0 fully saturated rings. The van der Waals surface area contributed by atoms with E-state index in [2.05, 4.69) is 5.32 Å². The molecule has 1 aliphatic rings. The monoisotopic (exact) mass is 222 g/mol. The molecule has 1 aromatic carbocycles. The van der Waals surface area contributed by atoms with E-state index in [0.29, 0.717) is 6.61 Å². The zero-order valence-electron chi connectivity index (χ0n) is 9.03. The second-order valence-corrected chi connectivity index (χ2v) is 3.69. The molecule has 0 saturated carbocycles. The Bertz CT molecular complexity index is 406. The Morgan fingerprint density at radius 3 is 3.12 bits per heavy atom. The van der Waals surface area contributed by atoms with Gasteiger partial charge in [-0.25, -0.2) is 4.79 Å². The first-order valence-electron chi connectivity index (χ1n) is 5.04. The summed E-state index contributed by atoms with van der Waals surface area (Å²) in [5.41, 5.74) is 6.11. The van der Waals surface area contributed by atoms with Crippen molar-refractivity contribution in [2.24, 2.45) is 5.73 Å². The van der Waals surface area contributed by atoms with E-state index in [1.807, 2.05) is 18.2 Å². The van der Waals surface area contributed by atoms with Crippen LogP contribution in [0.4, 0.5) is 4.79 Å². The second kappa shape index (κ2) is 4.30. The number of primary amides is 1. The van der Waals surface area contributed by atoms with E-state index in [0.717, 1.165) is 23.5 Å². The Kier molecular flexibility index (Phi) is 2.85. The zero-order chi connectivity index (χ0) is 11.5. The first kappa shape index (κ1) is 10.6. The number of urea groups is 1. The quantitative estimate of drug-likeness (QED) is 0.772. The lowest BCUT2D eigenvalue weighted by Crippen LogP contribution is -2.45. The third-order valence-corrected chi connectivity index (χ3v) is 2.53. The topological polar surface area (TPSA) is 73.6 Å². The van der Waals surface area contributed by atoms with Crippen molar-refractivity contribution in [2.75, 3.05) is 13.7 Å². The molecular formula is C11H14N2O3. The van der Waals surface area contributed by atoms with E-state index >= 15 is 0 Å². The summed E-state index contributed by atoms with van der Waals surface area (Å²) in [5.74, 6) is 1.57. The van der Waals surface area contributed by atoms with Gasteiger partial charge < -0.3 is 20.5 Å². The lowest BCUT2D eigenvalue weighted by atomic mass is 10.0. The van der Waals surface area contributed by atoms with Gasteiger partial charge in [-0.05, 0) is 18.1 Å². The van der Waals surface area contributed by atoms with Crippen LogP contribution in [0.2, 0.25) is 0 Å². The van der Waals surface area contributed by atoms with E-state index < -0.39 is 6.03 Å². The summed E-state index contributed by atoms with van der Waals surface area (Å²) in [6.45, 7) is 0.434. The molecule has 1 aromatic rings. The first-order chi connectivity index (χ1) is 7.69. The summed E-state index contributed by atoms with van der Waals surface area (Å²) >= 11 is 0. The van der Waals surface area contributed by atoms with Crippen molar-refractivity contribution in [1.82, 2.24) is 5.32 Å². The van der Waals surface area contributed by atoms with Gasteiger partial charge in [0.2, 0.25) is 0 Å². The third-order valence-electron chi connectivity index (χ3n) is 2.53. The zero-order valence-corrected chi connectivity index (χ0v) is 9.03. The fourth-order valence-corrected chi connectivity index (χ4v) is 1.77. The van der Waals surface area contributed by atoms with E-state index in [1.54, 1.807) is 7.11 Å². The van der Waals surface area contributed by atoms with Gasteiger partial charge in [-0.1, -0.05) is 6.07 Å². The fraction of sp³-hybridized carbons (Fsp3) is 0.364. The summed E-state index contributed by atoms with van der Waals surface area (Å²) < 4.78 is 10.6. The van der Waals surface area contributed by atoms with Gasteiger partial charge in [-0.15, -0.1) is 0 Å². The Morgan fingerprint density at radius 1 is 1.62 bits per heavy atom. The molecule has 0 bridgehead atoms. The SMILES string of the molecule is COc1ccc2c(c1)OCC(NC(N)=O)C2. The van der Waals surface area contributed by atoms with Gasteiger partial charge in [0.1, 0.15) is 18.1 Å². The van der Waals surface area contributed by atoms with Crippen molar-refractivity contribution in [3.63, 3.8) is 0 Å². The molecule has 2 amide bonds. The molecule has 16 heavy (non-hydrogen) atoms. The Balaban J connectivity index is 2.12. The number of methoxy groups -OCH3 is 1. The van der Waals surface area contributed by atoms with Gasteiger partial charge in [0.15, 0.2) is 0 Å². The maximum atomic E-state index is 10.7. The molecule has 1 heterocycles. The van der Waals surface area contributed by atoms with E-state index in [1.165, 1.54) is 0 Å². The number of nitrogens with two attached hydrogens (primary N) is 1. The molecule has 0 radical (unpaired) electrons. The van der Waals surface area contributed by atoms with E-state index in [4.69, 9.17) is 15.2 Å². The molecule has 1 atom stereocenters. The van der Waals surface area contributed by atoms with Gasteiger partial charge in [-0.3, -0.25) is 0 Å². The number of ether oxygens (including phenoxy) is 2. The van der Waals surface area contributed by atoms with Crippen molar-refractivity contribution in [3.05, 3.63) is 23.8 Å². The van der Waals surface area contributed by atoms with Gasteiger partial charge in [0.05, 0.1) is 13.2 Å². The average molecular weight is 222 g/mol. The minimum Gasteiger partial charge on any atom is -0.497 e. The third kappa shape index (κ3) is 2.18. The highest BCUT2D eigenvalue weighted by Crippen LogP contribution is 2.28. The van der Waals surface area contributed by atoms with Crippen molar-refractivity contribution in [3.8, 4) is 11.5 Å². The summed E-state index contributed by atoms with van der Waals surface area (Å²) in [5, 5.41) is 2.63. The van der Waals surface area contributed by atoms with Crippen molar-refractivity contribution >= 4 is 6.03 Å². The van der Waals surface area contributed by atoms with Gasteiger partial charge >= 0.3 is 6.03 Å². The number of hydrogen-bond acceptors (Lipinski definition) is 3. The molecule has 2 rings (SSSR count). The largest absolute Gasteiger partial charge is 0.497 e. The maximum Gasteiger partial charge on any atom is 0.312 e. The average Bonchev–Trinajstić information content (AvgIpc) is 2.27. The highest BCUT2D eigenvalue weighted by Gasteiger charge is 2.20. The maximum absolute atomic E-state index is 10.7. The molecule has 0 saturated heterocycles. The number of nitrogens with one attached hydrogen (secondary N) is 1. The standard InChI is InChI=1S/C11H14N2O3/c1-15-9-3-2-7-4-8(13-11(12)14)6-16-10(7)5-9/h2-3,5,8H,4,6H2,1H3,(H3,12,13,14). The summed E-state index contributed by atoms with van der Waals surface area (Å²) in [4.78, 5) is 10.7. The summed E-state index contributed by atoms with van der Waals surface area (Å²) in [6.07, 6.45) is 0.724. The van der Waals surface area contributed by atoms with Gasteiger partial charge in [0.25, 0.3) is 0 Å². The van der Waals surface area contributed by atoms with Crippen molar-refractivity contribution in [2.45, 2.75) is 12.5 Å². The fourth-order valence-electron chi connectivity index (χ4n) is 1.77. The second-order valence-electron chi connectivity index (χ2n) is 3.69. The van der Waals surface area contributed by atoms with E-state index in [-0.39, 0.29) is 6.04 Å². The van der Waals surface area contributed by atoms with Crippen LogP contribution >= 0.6 is 0 Å². The van der Waals surface area contributed by atoms with Crippen LogP contribution in [0.15, 0.2) is 18.2 Å². The lowest BCUT2D eigenvalue weighted by molar-refractivity contribution is 0.220. The van der Waals surface area contributed by atoms with Crippen LogP contribution in [-0.4, -0.2) is 25.8 Å². The summed E-state index contributed by atoms with van der Waals surface area (Å²) in [7, 11) is 1.61. The van der Waals surface area contributed by atoms with Crippen LogP contribution in [-0.2, 0) is 6.42 Å². The Hall–Kier alpha value is -1.91. The smallest absolute Gasteiger partial charge is 0.312 e. The normalized spacial score (nSPS) is 18.2. The van der Waals surface area contributed by atoms with Crippen molar-refractivity contribution < 1.29 is 14.3 Å². The Labute approximate surface area is 93.5 Å². The summed E-state index contributed by atoms with van der Waals surface area (Å²) in [6, 6.07) is 5.07. The highest BCUT2D eigenvalue weighted by molar-refractivity contribution is 5.72. The number of carbonyl (C=O) groups is 1. The van der Waals surface area contributed by atoms with E-state index in [9.17, 15) is 4.79 Å². The van der Waals surface area contributed by atoms with Crippen molar-refractivity contribution in [1.29, 1.82) is 0 Å². The van der Waals surface area contributed by atoms with Gasteiger partial charge in [0, 0.05) is 6.07 Å². The van der Waals surface area contributed by atoms with Crippen LogP contribution in [0.25, 0.3) is 0 Å². The number of rotatable bonds is 2. The number of hydrogen-bond donors (Lipinski definition) is 2. The molecule has 0 aromatic heterocycles. The number of carbonyl (C=O) groups excluding carboxylic acids is 1. The minimum absolute atomic E-state index is 0.0570. The van der Waals surface area contributed by atoms with Crippen LogP contribution in [0.1, 0.15) is 5.56 Å². The number of fused-ring (bicyclic) bond motifs is 1. The number of amides is 2. The first-order valence-corrected chi connectivity index (χ1v) is 5.04. The molecule has 5 nitrogen and oxygen atoms in total. The molecule has 1 unspecified atom stereocenters. The Morgan fingerprint density at radius 2 is 2.44 bits per heavy atom. The molecule has 1 aliphatic heterocycles. The molecule has 0 spiro atoms. The predicted molar refractivity (Wildman–Crippen MR) is 58.7 cm³/mol. The van der Waals surface area contributed by atoms with Crippen LogP contribution in [0.3, 0.4) is 0 Å². The van der Waals surface area contributed by atoms with Crippen LogP contribution in [0.5, 0.6) is 11.5 Å². The van der Waals surface area contributed by atoms with Gasteiger partial charge in [-0.2, -0.15) is 0 Å². The molecule has 5 heteroatoms. The lowest BCUT2D eigenvalue weighted by Gasteiger charge is -2.25. The molecular weight excluding hydrogens is 208 g/mol. The van der Waals surface area contributed by atoms with Crippen LogP contribution in [0, 0.1) is 0 Å². The highest BCUT2D eigenvalue weighted by atomic mass is 16.5. The predicted octanol–water partition coefficient (Wildman–Crippen LogP) is 0.667. The molecule has 3 N–H and O–H groups in total. The molecule has 86 valence electrons. The minimum atomic E-state index is -0.523.